The summed E-state index contributed by atoms with van der Waals surface area (Å²) in [5, 5.41) is 5.27. The normalized spacial score (nSPS) is 24.8. The van der Waals surface area contributed by atoms with Crippen LogP contribution in [0, 0.1) is 5.82 Å². The number of rotatable bonds is 4. The van der Waals surface area contributed by atoms with Gasteiger partial charge in [0.1, 0.15) is 11.9 Å². The van der Waals surface area contributed by atoms with E-state index < -0.39 is 35.5 Å². The molecule has 2 atom stereocenters. The van der Waals surface area contributed by atoms with Crippen molar-refractivity contribution in [2.24, 2.45) is 0 Å². The van der Waals surface area contributed by atoms with Crippen LogP contribution < -0.4 is 15.5 Å². The van der Waals surface area contributed by atoms with Gasteiger partial charge in [0.05, 0.1) is 16.8 Å². The lowest BCUT2D eigenvalue weighted by Crippen LogP contribution is -2.54. The summed E-state index contributed by atoms with van der Waals surface area (Å²) in [5.41, 5.74) is 0.364. The second-order valence-electron chi connectivity index (χ2n) is 7.70. The number of likely N-dealkylation sites (N-methyl/N-ethyl adjacent to an activating group) is 1. The van der Waals surface area contributed by atoms with E-state index in [-0.39, 0.29) is 30.0 Å². The summed E-state index contributed by atoms with van der Waals surface area (Å²) in [4.78, 5) is 52.1. The Balaban J connectivity index is 1.67. The van der Waals surface area contributed by atoms with E-state index in [0.717, 1.165) is 30.2 Å². The first-order valence-corrected chi connectivity index (χ1v) is 9.88. The average molecular weight is 402 g/mol. The Kier molecular flexibility index (Phi) is 5.08. The summed E-state index contributed by atoms with van der Waals surface area (Å²) >= 11 is 0. The van der Waals surface area contributed by atoms with Gasteiger partial charge in [-0.25, -0.2) is 4.39 Å². The highest BCUT2D eigenvalue weighted by Gasteiger charge is 2.45. The van der Waals surface area contributed by atoms with Crippen LogP contribution in [0.1, 0.15) is 52.8 Å². The zero-order valence-electron chi connectivity index (χ0n) is 16.2. The highest BCUT2D eigenvalue weighted by atomic mass is 19.1. The first-order valence-electron chi connectivity index (χ1n) is 9.88. The number of imide groups is 2. The summed E-state index contributed by atoms with van der Waals surface area (Å²) in [6, 6.07) is 1.57. The van der Waals surface area contributed by atoms with Gasteiger partial charge in [-0.3, -0.25) is 29.4 Å². The van der Waals surface area contributed by atoms with Crippen LogP contribution in [0.25, 0.3) is 0 Å². The summed E-state index contributed by atoms with van der Waals surface area (Å²) in [6.45, 7) is 1.35. The maximum Gasteiger partial charge on any atom is 0.262 e. The molecule has 0 aromatic heterocycles. The Hall–Kier alpha value is -2.81. The molecule has 2 fully saturated rings. The van der Waals surface area contributed by atoms with Crippen LogP contribution in [0.2, 0.25) is 0 Å². The van der Waals surface area contributed by atoms with Gasteiger partial charge in [-0.2, -0.15) is 0 Å². The number of nitrogens with one attached hydrogen (secondary N) is 2. The number of halogens is 1. The van der Waals surface area contributed by atoms with Crippen molar-refractivity contribution in [3.05, 3.63) is 29.1 Å². The molecule has 154 valence electrons. The van der Waals surface area contributed by atoms with Crippen LogP contribution >= 0.6 is 0 Å². The van der Waals surface area contributed by atoms with Crippen molar-refractivity contribution in [3.63, 3.8) is 0 Å². The molecular weight excluding hydrogens is 379 g/mol. The van der Waals surface area contributed by atoms with Crippen LogP contribution in [0.5, 0.6) is 0 Å². The second-order valence-corrected chi connectivity index (χ2v) is 7.70. The van der Waals surface area contributed by atoms with Crippen molar-refractivity contribution in [1.82, 2.24) is 15.5 Å². The molecule has 3 aliphatic rings. The van der Waals surface area contributed by atoms with Gasteiger partial charge in [0.2, 0.25) is 11.8 Å². The van der Waals surface area contributed by atoms with Crippen LogP contribution in [-0.4, -0.2) is 60.7 Å². The molecule has 9 heteroatoms. The van der Waals surface area contributed by atoms with E-state index in [1.165, 1.54) is 6.07 Å². The third-order valence-electron chi connectivity index (χ3n) is 5.88. The smallest absolute Gasteiger partial charge is 0.262 e. The van der Waals surface area contributed by atoms with Gasteiger partial charge < -0.3 is 10.2 Å². The third-order valence-corrected chi connectivity index (χ3v) is 5.88. The molecule has 0 aliphatic carbocycles. The van der Waals surface area contributed by atoms with Gasteiger partial charge in [-0.1, -0.05) is 0 Å². The van der Waals surface area contributed by atoms with Crippen molar-refractivity contribution >= 4 is 29.3 Å². The molecule has 3 aliphatic heterocycles. The minimum absolute atomic E-state index is 0.0388. The molecule has 1 aromatic rings. The molecule has 4 rings (SSSR count). The molecule has 3 heterocycles. The molecule has 0 radical (unpaired) electrons. The molecule has 4 amide bonds. The predicted molar refractivity (Wildman–Crippen MR) is 102 cm³/mol. The molecule has 0 spiro atoms. The van der Waals surface area contributed by atoms with E-state index in [0.29, 0.717) is 18.8 Å². The van der Waals surface area contributed by atoms with Gasteiger partial charge in [0, 0.05) is 25.6 Å². The van der Waals surface area contributed by atoms with Gasteiger partial charge in [-0.15, -0.1) is 0 Å². The van der Waals surface area contributed by atoms with E-state index >= 15 is 0 Å². The summed E-state index contributed by atoms with van der Waals surface area (Å²) in [7, 11) is 1.84. The van der Waals surface area contributed by atoms with Crippen molar-refractivity contribution in [3.8, 4) is 0 Å². The number of benzene rings is 1. The van der Waals surface area contributed by atoms with Gasteiger partial charge in [0.25, 0.3) is 11.8 Å². The van der Waals surface area contributed by atoms with Gasteiger partial charge >= 0.3 is 0 Å². The highest BCUT2D eigenvalue weighted by Crippen LogP contribution is 2.34. The van der Waals surface area contributed by atoms with E-state index in [1.54, 1.807) is 0 Å². The number of nitrogens with zero attached hydrogens (tertiary/aromatic N) is 2. The van der Waals surface area contributed by atoms with Crippen molar-refractivity contribution in [1.29, 1.82) is 0 Å². The fourth-order valence-corrected chi connectivity index (χ4v) is 4.46. The Labute approximate surface area is 167 Å². The minimum atomic E-state index is -1.06. The number of fused-ring (bicyclic) bond motifs is 1. The van der Waals surface area contributed by atoms with Crippen molar-refractivity contribution in [2.45, 2.75) is 44.2 Å². The molecule has 0 saturated carbocycles. The number of anilines is 1. The number of piperidine rings is 2. The Morgan fingerprint density at radius 2 is 1.83 bits per heavy atom. The third kappa shape index (κ3) is 3.29. The number of hydrogen-bond acceptors (Lipinski definition) is 6. The fraction of sp³-hybridized carbons (Fsp3) is 0.500. The summed E-state index contributed by atoms with van der Waals surface area (Å²) in [6.07, 6.45) is 3.00. The molecule has 2 N–H and O–H groups in total. The first kappa shape index (κ1) is 19.5. The number of hydrogen-bond donors (Lipinski definition) is 2. The van der Waals surface area contributed by atoms with Crippen LogP contribution in [0.15, 0.2) is 12.1 Å². The largest absolute Gasteiger partial charge is 0.365 e. The molecule has 0 bridgehead atoms. The number of carbonyl (C=O) groups is 4. The zero-order valence-corrected chi connectivity index (χ0v) is 16.2. The lowest BCUT2D eigenvalue weighted by Gasteiger charge is -2.37. The van der Waals surface area contributed by atoms with E-state index in [1.807, 2.05) is 11.9 Å². The number of amides is 4. The average Bonchev–Trinajstić information content (AvgIpc) is 2.92. The van der Waals surface area contributed by atoms with E-state index in [2.05, 4.69) is 10.6 Å². The highest BCUT2D eigenvalue weighted by molar-refractivity contribution is 6.23. The van der Waals surface area contributed by atoms with Crippen LogP contribution in [0.3, 0.4) is 0 Å². The lowest BCUT2D eigenvalue weighted by molar-refractivity contribution is -0.136. The lowest BCUT2D eigenvalue weighted by atomic mass is 9.99. The molecular formula is C20H23FN4O4. The fourth-order valence-electron chi connectivity index (χ4n) is 4.46. The zero-order chi connectivity index (χ0) is 20.7. The minimum Gasteiger partial charge on any atom is -0.365 e. The Bertz CT molecular complexity index is 901. The summed E-state index contributed by atoms with van der Waals surface area (Å²) in [5.74, 6) is -2.99. The SMILES string of the molecule is CNC[C@H]1CCCCN1c1cc2c(cc1F)C(=O)N(C1CCC(=O)NC1=O)C2=O. The maximum absolute atomic E-state index is 15.0. The number of carbonyl (C=O) groups excluding carboxylic acids is 4. The van der Waals surface area contributed by atoms with Crippen molar-refractivity contribution in [2.75, 3.05) is 25.0 Å². The van der Waals surface area contributed by atoms with Gasteiger partial charge in [0.15, 0.2) is 0 Å². The summed E-state index contributed by atoms with van der Waals surface area (Å²) < 4.78 is 15.0. The monoisotopic (exact) mass is 402 g/mol. The van der Waals surface area contributed by atoms with E-state index in [9.17, 15) is 23.6 Å². The van der Waals surface area contributed by atoms with Crippen LogP contribution in [0.4, 0.5) is 10.1 Å². The maximum atomic E-state index is 15.0. The van der Waals surface area contributed by atoms with Crippen LogP contribution in [-0.2, 0) is 9.59 Å². The van der Waals surface area contributed by atoms with E-state index in [4.69, 9.17) is 0 Å². The molecule has 29 heavy (non-hydrogen) atoms. The molecule has 1 unspecified atom stereocenters. The predicted octanol–water partition coefficient (Wildman–Crippen LogP) is 0.805. The molecule has 2 saturated heterocycles. The standard InChI is InChI=1S/C20H23FN4O4/c1-22-10-11-4-2-3-7-24(11)16-9-13-12(8-14(16)21)19(28)25(20(13)29)15-5-6-17(26)23-18(15)27/h8-9,11,15,22H,2-7,10H2,1H3,(H,23,26,27)/t11-,15?/m1/s1. The Morgan fingerprint density at radius 3 is 2.52 bits per heavy atom. The molecule has 8 nitrogen and oxygen atoms in total. The van der Waals surface area contributed by atoms with Gasteiger partial charge in [-0.05, 0) is 44.9 Å². The Morgan fingerprint density at radius 1 is 1.10 bits per heavy atom. The van der Waals surface area contributed by atoms with Crippen molar-refractivity contribution < 1.29 is 23.6 Å². The topological polar surface area (TPSA) is 98.8 Å². The quantitative estimate of drug-likeness (QED) is 0.723. The molecule has 1 aromatic carbocycles. The first-order chi connectivity index (χ1) is 13.9. The second kappa shape index (κ2) is 7.55.